The van der Waals surface area contributed by atoms with E-state index in [1.54, 1.807) is 0 Å². The maximum Gasteiger partial charge on any atom is 0.311 e. The van der Waals surface area contributed by atoms with E-state index in [0.29, 0.717) is 13.1 Å². The lowest BCUT2D eigenvalue weighted by atomic mass is 9.81. The first-order chi connectivity index (χ1) is 11.1. The van der Waals surface area contributed by atoms with E-state index < -0.39 is 11.4 Å². The molecule has 0 bridgehead atoms. The fourth-order valence-corrected chi connectivity index (χ4v) is 5.01. The summed E-state index contributed by atoms with van der Waals surface area (Å²) in [4.78, 5) is 25.8. The number of hydrogen-bond acceptors (Lipinski definition) is 3. The molecule has 0 aromatic rings. The molecule has 2 N–H and O–H groups in total. The van der Waals surface area contributed by atoms with Gasteiger partial charge in [0, 0.05) is 19.6 Å². The molecule has 0 radical (unpaired) electrons. The lowest BCUT2D eigenvalue weighted by molar-refractivity contribution is -0.149. The minimum absolute atomic E-state index is 0. The zero-order valence-electron chi connectivity index (χ0n) is 14.5. The minimum Gasteiger partial charge on any atom is -0.481 e. The van der Waals surface area contributed by atoms with Crippen LogP contribution in [0.3, 0.4) is 0 Å². The number of nitrogens with zero attached hydrogens (tertiary/aromatic N) is 1. The summed E-state index contributed by atoms with van der Waals surface area (Å²) in [6.07, 6.45) is 10.5. The number of likely N-dealkylation sites (tertiary alicyclic amines) is 1. The number of halogens is 1. The Bertz CT molecular complexity index is 454. The van der Waals surface area contributed by atoms with Crippen LogP contribution >= 0.6 is 12.4 Å². The molecule has 1 aliphatic heterocycles. The molecule has 6 heteroatoms. The van der Waals surface area contributed by atoms with Crippen LogP contribution in [0.5, 0.6) is 0 Å². The van der Waals surface area contributed by atoms with E-state index in [4.69, 9.17) is 0 Å². The Hall–Kier alpha value is -0.810. The molecule has 1 saturated heterocycles. The Morgan fingerprint density at radius 1 is 1.12 bits per heavy atom. The van der Waals surface area contributed by atoms with Crippen LogP contribution in [0.4, 0.5) is 0 Å². The van der Waals surface area contributed by atoms with E-state index in [0.717, 1.165) is 44.7 Å². The molecular weight excluding hydrogens is 328 g/mol. The summed E-state index contributed by atoms with van der Waals surface area (Å²) in [5.74, 6) is 0.405. The van der Waals surface area contributed by atoms with Crippen LogP contribution < -0.4 is 5.32 Å². The van der Waals surface area contributed by atoms with Crippen molar-refractivity contribution in [1.82, 2.24) is 10.2 Å². The SMILES string of the molecule is Cl.O=C(CN1C[C@@H]2CCC[C@@]2(C(=O)O)C1)NCCC1CCCCC1. The first kappa shape index (κ1) is 19.5. The average molecular weight is 359 g/mol. The van der Waals surface area contributed by atoms with Crippen molar-refractivity contribution < 1.29 is 14.7 Å². The summed E-state index contributed by atoms with van der Waals surface area (Å²) in [6.45, 7) is 2.44. The second-order valence-electron chi connectivity index (χ2n) is 7.86. The van der Waals surface area contributed by atoms with Gasteiger partial charge < -0.3 is 10.4 Å². The highest BCUT2D eigenvalue weighted by Gasteiger charge is 2.54. The van der Waals surface area contributed by atoms with E-state index in [2.05, 4.69) is 5.32 Å². The van der Waals surface area contributed by atoms with E-state index >= 15 is 0 Å². The van der Waals surface area contributed by atoms with Gasteiger partial charge in [-0.1, -0.05) is 38.5 Å². The van der Waals surface area contributed by atoms with Crippen LogP contribution in [-0.2, 0) is 9.59 Å². The molecule has 3 rings (SSSR count). The highest BCUT2D eigenvalue weighted by atomic mass is 35.5. The fourth-order valence-electron chi connectivity index (χ4n) is 5.01. The van der Waals surface area contributed by atoms with Crippen LogP contribution in [0, 0.1) is 17.3 Å². The van der Waals surface area contributed by atoms with Crippen LogP contribution in [-0.4, -0.2) is 48.1 Å². The fraction of sp³-hybridized carbons (Fsp3) is 0.889. The number of carbonyl (C=O) groups excluding carboxylic acids is 1. The smallest absolute Gasteiger partial charge is 0.311 e. The Kier molecular flexibility index (Phi) is 6.93. The number of carbonyl (C=O) groups is 2. The summed E-state index contributed by atoms with van der Waals surface area (Å²) < 4.78 is 0. The third-order valence-electron chi connectivity index (χ3n) is 6.33. The van der Waals surface area contributed by atoms with Crippen molar-refractivity contribution in [2.45, 2.75) is 57.8 Å². The predicted molar refractivity (Wildman–Crippen MR) is 95.3 cm³/mol. The number of fused-ring (bicyclic) bond motifs is 1. The van der Waals surface area contributed by atoms with Crippen LogP contribution in [0.1, 0.15) is 57.8 Å². The molecule has 0 unspecified atom stereocenters. The molecule has 1 amide bonds. The maximum absolute atomic E-state index is 12.1. The zero-order valence-corrected chi connectivity index (χ0v) is 15.3. The summed E-state index contributed by atoms with van der Waals surface area (Å²) in [5, 5.41) is 12.6. The van der Waals surface area contributed by atoms with Crippen molar-refractivity contribution in [1.29, 1.82) is 0 Å². The van der Waals surface area contributed by atoms with Crippen LogP contribution in [0.15, 0.2) is 0 Å². The van der Waals surface area contributed by atoms with Crippen molar-refractivity contribution in [3.8, 4) is 0 Å². The molecule has 2 saturated carbocycles. The van der Waals surface area contributed by atoms with Crippen molar-refractivity contribution in [3.63, 3.8) is 0 Å². The van der Waals surface area contributed by atoms with Gasteiger partial charge in [0.25, 0.3) is 0 Å². The van der Waals surface area contributed by atoms with Crippen molar-refractivity contribution in [2.24, 2.45) is 17.3 Å². The topological polar surface area (TPSA) is 69.6 Å². The summed E-state index contributed by atoms with van der Waals surface area (Å²) in [6, 6.07) is 0. The number of amides is 1. The molecule has 24 heavy (non-hydrogen) atoms. The molecular formula is C18H31ClN2O3. The first-order valence-corrected chi connectivity index (χ1v) is 9.32. The second kappa shape index (κ2) is 8.52. The second-order valence-corrected chi connectivity index (χ2v) is 7.86. The van der Waals surface area contributed by atoms with Gasteiger partial charge in [0.1, 0.15) is 0 Å². The van der Waals surface area contributed by atoms with Crippen molar-refractivity contribution in [3.05, 3.63) is 0 Å². The molecule has 2 aliphatic carbocycles. The molecule has 3 aliphatic rings. The van der Waals surface area contributed by atoms with Gasteiger partial charge in [0.15, 0.2) is 0 Å². The third kappa shape index (κ3) is 4.23. The Morgan fingerprint density at radius 2 is 1.88 bits per heavy atom. The van der Waals surface area contributed by atoms with Crippen molar-refractivity contribution in [2.75, 3.05) is 26.2 Å². The predicted octanol–water partition coefficient (Wildman–Crippen LogP) is 2.68. The van der Waals surface area contributed by atoms with Gasteiger partial charge in [-0.3, -0.25) is 14.5 Å². The first-order valence-electron chi connectivity index (χ1n) is 9.32. The molecule has 3 fully saturated rings. The highest BCUT2D eigenvalue weighted by molar-refractivity contribution is 5.85. The van der Waals surface area contributed by atoms with Gasteiger partial charge in [-0.2, -0.15) is 0 Å². The van der Waals surface area contributed by atoms with Gasteiger partial charge in [0.2, 0.25) is 5.91 Å². The van der Waals surface area contributed by atoms with Gasteiger partial charge in [-0.15, -0.1) is 12.4 Å². The van der Waals surface area contributed by atoms with Crippen molar-refractivity contribution >= 4 is 24.3 Å². The van der Waals surface area contributed by atoms with Gasteiger partial charge >= 0.3 is 5.97 Å². The van der Waals surface area contributed by atoms with E-state index in [-0.39, 0.29) is 24.2 Å². The monoisotopic (exact) mass is 358 g/mol. The molecule has 5 nitrogen and oxygen atoms in total. The van der Waals surface area contributed by atoms with Gasteiger partial charge in [0.05, 0.1) is 12.0 Å². The molecule has 0 aromatic heterocycles. The average Bonchev–Trinajstić information content (AvgIpc) is 3.06. The standard InChI is InChI=1S/C18H30N2O3.ClH/c21-16(19-10-8-14-5-2-1-3-6-14)12-20-11-15-7-4-9-18(15,13-20)17(22)23;/h14-15H,1-13H2,(H,19,21)(H,22,23);1H/t15-,18+;/m0./s1. The Balaban J connectivity index is 0.00000208. The van der Waals surface area contributed by atoms with Gasteiger partial charge in [-0.25, -0.2) is 0 Å². The number of carboxylic acid groups (broad SMARTS) is 1. The molecule has 1 heterocycles. The summed E-state index contributed by atoms with van der Waals surface area (Å²) >= 11 is 0. The Morgan fingerprint density at radius 3 is 2.54 bits per heavy atom. The molecule has 0 spiro atoms. The third-order valence-corrected chi connectivity index (χ3v) is 6.33. The quantitative estimate of drug-likeness (QED) is 0.765. The zero-order chi connectivity index (χ0) is 16.3. The molecule has 0 aromatic carbocycles. The highest BCUT2D eigenvalue weighted by Crippen LogP contribution is 2.48. The Labute approximate surface area is 151 Å². The molecule has 138 valence electrons. The van der Waals surface area contributed by atoms with E-state index in [9.17, 15) is 14.7 Å². The minimum atomic E-state index is -0.666. The molecule has 2 atom stereocenters. The van der Waals surface area contributed by atoms with Crippen LogP contribution in [0.2, 0.25) is 0 Å². The van der Waals surface area contributed by atoms with Gasteiger partial charge in [-0.05, 0) is 31.1 Å². The summed E-state index contributed by atoms with van der Waals surface area (Å²) in [7, 11) is 0. The number of rotatable bonds is 6. The number of aliphatic carboxylic acids is 1. The lowest BCUT2D eigenvalue weighted by Crippen LogP contribution is -2.39. The number of nitrogens with one attached hydrogen (secondary N) is 1. The normalized spacial score (nSPS) is 30.6. The lowest BCUT2D eigenvalue weighted by Gasteiger charge is -2.23. The van der Waals surface area contributed by atoms with E-state index in [1.165, 1.54) is 32.1 Å². The van der Waals surface area contributed by atoms with Crippen LogP contribution in [0.25, 0.3) is 0 Å². The number of carboxylic acids is 1. The largest absolute Gasteiger partial charge is 0.481 e. The maximum atomic E-state index is 12.1. The van der Waals surface area contributed by atoms with E-state index in [1.807, 2.05) is 4.90 Å². The summed E-state index contributed by atoms with van der Waals surface area (Å²) in [5.41, 5.74) is -0.581. The number of hydrogen-bond donors (Lipinski definition) is 2.